The Bertz CT molecular complexity index is 191. The van der Waals surface area contributed by atoms with Crippen molar-refractivity contribution in [3.8, 4) is 0 Å². The molecule has 0 amide bonds. The minimum absolute atomic E-state index is 0.0677. The molecule has 0 saturated heterocycles. The predicted octanol–water partition coefficient (Wildman–Crippen LogP) is 0.957. The average molecular weight is 213 g/mol. The maximum absolute atomic E-state index is 10.7. The van der Waals surface area contributed by atoms with Crippen molar-refractivity contribution in [2.75, 3.05) is 6.26 Å². The van der Waals surface area contributed by atoms with Gasteiger partial charge in [-0.2, -0.15) is 0 Å². The standard InChI is InChI=1S/C5H9BrO2S/c1-9(7,8)5-2-4(6)3-5/h4-5H,2-3H2,1H3. The molecule has 4 heteroatoms. The lowest BCUT2D eigenvalue weighted by atomic mass is 10.00. The summed E-state index contributed by atoms with van der Waals surface area (Å²) in [5.41, 5.74) is 0. The molecule has 2 nitrogen and oxygen atoms in total. The van der Waals surface area contributed by atoms with Gasteiger partial charge in [-0.15, -0.1) is 0 Å². The molecular formula is C5H9BrO2S. The van der Waals surface area contributed by atoms with Gasteiger partial charge < -0.3 is 0 Å². The molecule has 0 unspecified atom stereocenters. The van der Waals surface area contributed by atoms with Gasteiger partial charge in [-0.25, -0.2) is 8.42 Å². The first-order valence-corrected chi connectivity index (χ1v) is 5.70. The number of alkyl halides is 1. The van der Waals surface area contributed by atoms with Crippen molar-refractivity contribution in [3.63, 3.8) is 0 Å². The fourth-order valence-electron chi connectivity index (χ4n) is 0.851. The second-order valence-corrected chi connectivity index (χ2v) is 6.14. The van der Waals surface area contributed by atoms with E-state index in [-0.39, 0.29) is 5.25 Å². The molecule has 1 aliphatic carbocycles. The molecule has 0 aromatic heterocycles. The molecule has 54 valence electrons. The van der Waals surface area contributed by atoms with Crippen molar-refractivity contribution in [2.24, 2.45) is 0 Å². The molecule has 0 spiro atoms. The summed E-state index contributed by atoms with van der Waals surface area (Å²) in [6, 6.07) is 0. The number of rotatable bonds is 1. The number of halogens is 1. The van der Waals surface area contributed by atoms with Crippen LogP contribution in [0.2, 0.25) is 0 Å². The molecule has 0 aromatic rings. The van der Waals surface area contributed by atoms with E-state index >= 15 is 0 Å². The zero-order valence-corrected chi connectivity index (χ0v) is 7.57. The summed E-state index contributed by atoms with van der Waals surface area (Å²) in [6.07, 6.45) is 2.88. The summed E-state index contributed by atoms with van der Waals surface area (Å²) in [6.45, 7) is 0. The van der Waals surface area contributed by atoms with Gasteiger partial charge in [-0.05, 0) is 12.8 Å². The van der Waals surface area contributed by atoms with E-state index in [9.17, 15) is 8.42 Å². The fraction of sp³-hybridized carbons (Fsp3) is 1.00. The van der Waals surface area contributed by atoms with Gasteiger partial charge in [0, 0.05) is 11.1 Å². The van der Waals surface area contributed by atoms with Crippen LogP contribution >= 0.6 is 15.9 Å². The van der Waals surface area contributed by atoms with Gasteiger partial charge in [0.15, 0.2) is 0 Å². The SMILES string of the molecule is CS(=O)(=O)C1CC(Br)C1. The topological polar surface area (TPSA) is 34.1 Å². The summed E-state index contributed by atoms with van der Waals surface area (Å²) >= 11 is 3.33. The predicted molar refractivity (Wildman–Crippen MR) is 40.6 cm³/mol. The van der Waals surface area contributed by atoms with E-state index in [0.717, 1.165) is 12.8 Å². The number of hydrogen-bond donors (Lipinski definition) is 0. The van der Waals surface area contributed by atoms with Crippen molar-refractivity contribution in [1.29, 1.82) is 0 Å². The van der Waals surface area contributed by atoms with Crippen LogP contribution in [0, 0.1) is 0 Å². The van der Waals surface area contributed by atoms with Gasteiger partial charge in [-0.3, -0.25) is 0 Å². The van der Waals surface area contributed by atoms with Crippen molar-refractivity contribution < 1.29 is 8.42 Å². The Hall–Kier alpha value is 0.430. The van der Waals surface area contributed by atoms with E-state index in [1.807, 2.05) is 0 Å². The van der Waals surface area contributed by atoms with Crippen LogP contribution in [0.25, 0.3) is 0 Å². The summed E-state index contributed by atoms with van der Waals surface area (Å²) < 4.78 is 21.5. The molecule has 1 saturated carbocycles. The number of sulfone groups is 1. The zero-order chi connectivity index (χ0) is 7.07. The molecular weight excluding hydrogens is 204 g/mol. The molecule has 0 bridgehead atoms. The third-order valence-electron chi connectivity index (χ3n) is 1.64. The monoisotopic (exact) mass is 212 g/mol. The third-order valence-corrected chi connectivity index (χ3v) is 3.99. The van der Waals surface area contributed by atoms with E-state index in [0.29, 0.717) is 4.83 Å². The van der Waals surface area contributed by atoms with Gasteiger partial charge in [-0.1, -0.05) is 15.9 Å². The lowest BCUT2D eigenvalue weighted by molar-refractivity contribution is 0.498. The lowest BCUT2D eigenvalue weighted by Crippen LogP contribution is -2.35. The highest BCUT2D eigenvalue weighted by Crippen LogP contribution is 2.31. The van der Waals surface area contributed by atoms with E-state index in [4.69, 9.17) is 0 Å². The Balaban J connectivity index is 2.51. The minimum Gasteiger partial charge on any atom is -0.229 e. The van der Waals surface area contributed by atoms with Crippen LogP contribution in [0.1, 0.15) is 12.8 Å². The van der Waals surface area contributed by atoms with Crippen LogP contribution in [0.15, 0.2) is 0 Å². The molecule has 0 aliphatic heterocycles. The molecule has 0 aromatic carbocycles. The van der Waals surface area contributed by atoms with Crippen molar-refractivity contribution in [1.82, 2.24) is 0 Å². The third kappa shape index (κ3) is 1.67. The van der Waals surface area contributed by atoms with E-state index in [1.165, 1.54) is 6.26 Å². The Labute approximate surface area is 63.7 Å². The Morgan fingerprint density at radius 1 is 1.44 bits per heavy atom. The van der Waals surface area contributed by atoms with Gasteiger partial charge in [0.25, 0.3) is 0 Å². The van der Waals surface area contributed by atoms with Gasteiger partial charge in [0.05, 0.1) is 5.25 Å². The normalized spacial score (nSPS) is 35.8. The van der Waals surface area contributed by atoms with Gasteiger partial charge >= 0.3 is 0 Å². The van der Waals surface area contributed by atoms with Crippen LogP contribution in [-0.2, 0) is 9.84 Å². The van der Waals surface area contributed by atoms with Crippen LogP contribution < -0.4 is 0 Å². The Morgan fingerprint density at radius 3 is 2.00 bits per heavy atom. The van der Waals surface area contributed by atoms with Crippen LogP contribution in [0.5, 0.6) is 0 Å². The molecule has 1 fully saturated rings. The molecule has 0 heterocycles. The molecule has 1 rings (SSSR count). The first-order valence-electron chi connectivity index (χ1n) is 2.83. The summed E-state index contributed by atoms with van der Waals surface area (Å²) in [5, 5.41) is -0.0677. The van der Waals surface area contributed by atoms with Crippen molar-refractivity contribution >= 4 is 25.8 Å². The maximum Gasteiger partial charge on any atom is 0.150 e. The molecule has 0 radical (unpaired) electrons. The maximum atomic E-state index is 10.7. The second-order valence-electron chi connectivity index (χ2n) is 2.52. The van der Waals surface area contributed by atoms with E-state index in [1.54, 1.807) is 0 Å². The first-order chi connectivity index (χ1) is 4.00. The highest BCUT2D eigenvalue weighted by atomic mass is 79.9. The van der Waals surface area contributed by atoms with E-state index < -0.39 is 9.84 Å². The van der Waals surface area contributed by atoms with Crippen LogP contribution in [-0.4, -0.2) is 24.8 Å². The van der Waals surface area contributed by atoms with Crippen molar-refractivity contribution in [2.45, 2.75) is 22.9 Å². The molecule has 0 N–H and O–H groups in total. The van der Waals surface area contributed by atoms with Crippen molar-refractivity contribution in [3.05, 3.63) is 0 Å². The van der Waals surface area contributed by atoms with E-state index in [2.05, 4.69) is 15.9 Å². The first kappa shape index (κ1) is 7.54. The van der Waals surface area contributed by atoms with Crippen LogP contribution in [0.4, 0.5) is 0 Å². The number of hydrogen-bond acceptors (Lipinski definition) is 2. The van der Waals surface area contributed by atoms with Gasteiger partial charge in [0.1, 0.15) is 9.84 Å². The Morgan fingerprint density at radius 2 is 1.89 bits per heavy atom. The highest BCUT2D eigenvalue weighted by Gasteiger charge is 2.34. The lowest BCUT2D eigenvalue weighted by Gasteiger charge is -2.29. The Kier molecular flexibility index (Phi) is 1.87. The quantitative estimate of drug-likeness (QED) is 0.608. The molecule has 9 heavy (non-hydrogen) atoms. The highest BCUT2D eigenvalue weighted by molar-refractivity contribution is 9.09. The molecule has 0 atom stereocenters. The fourth-order valence-corrected chi connectivity index (χ4v) is 3.41. The second kappa shape index (κ2) is 2.23. The zero-order valence-electron chi connectivity index (χ0n) is 5.17. The molecule has 1 aliphatic rings. The summed E-state index contributed by atoms with van der Waals surface area (Å²) in [5.74, 6) is 0. The van der Waals surface area contributed by atoms with Crippen LogP contribution in [0.3, 0.4) is 0 Å². The average Bonchev–Trinajstić information content (AvgIpc) is 1.55. The minimum atomic E-state index is -2.73. The largest absolute Gasteiger partial charge is 0.229 e. The smallest absolute Gasteiger partial charge is 0.150 e. The summed E-state index contributed by atoms with van der Waals surface area (Å²) in [7, 11) is -2.73. The summed E-state index contributed by atoms with van der Waals surface area (Å²) in [4.78, 5) is 0.442. The van der Waals surface area contributed by atoms with Gasteiger partial charge in [0.2, 0.25) is 0 Å².